The van der Waals surface area contributed by atoms with Crippen molar-refractivity contribution in [3.8, 4) is 0 Å². The molecule has 0 atom stereocenters. The Kier molecular flexibility index (Phi) is 3.87. The molecule has 3 heteroatoms. The van der Waals surface area contributed by atoms with Gasteiger partial charge >= 0.3 is 0 Å². The summed E-state index contributed by atoms with van der Waals surface area (Å²) in [5.74, 6) is 0.220. The first-order chi connectivity index (χ1) is 4.72. The maximum atomic E-state index is 5.41. The van der Waals surface area contributed by atoms with Crippen molar-refractivity contribution in [1.82, 2.24) is 0 Å². The third-order valence-corrected chi connectivity index (χ3v) is 0.916. The smallest absolute Gasteiger partial charge is 0.207 e. The molecule has 0 saturated heterocycles. The fraction of sp³-hybridized carbons (Fsp3) is 0.143. The van der Waals surface area contributed by atoms with Crippen LogP contribution in [0.15, 0.2) is 36.4 Å². The molecule has 0 unspecified atom stereocenters. The predicted octanol–water partition coefficient (Wildman–Crippen LogP) is 0.461. The number of methoxy groups -OCH3 is 1. The maximum absolute atomic E-state index is 5.41. The van der Waals surface area contributed by atoms with Crippen molar-refractivity contribution in [1.29, 1.82) is 0 Å². The van der Waals surface area contributed by atoms with E-state index < -0.39 is 0 Å². The summed E-state index contributed by atoms with van der Waals surface area (Å²) < 4.78 is 4.66. The molecule has 10 heavy (non-hydrogen) atoms. The summed E-state index contributed by atoms with van der Waals surface area (Å²) in [5, 5.41) is 0. The van der Waals surface area contributed by atoms with Crippen LogP contribution in [0.2, 0.25) is 0 Å². The third-order valence-electron chi connectivity index (χ3n) is 0.916. The van der Waals surface area contributed by atoms with Gasteiger partial charge in [0.15, 0.2) is 0 Å². The SMILES string of the molecule is C=C/C=C\C(N)=C(/N)OC. The van der Waals surface area contributed by atoms with Gasteiger partial charge in [-0.25, -0.2) is 0 Å². The lowest BCUT2D eigenvalue weighted by Gasteiger charge is -1.99. The molecule has 0 aromatic rings. The molecule has 0 saturated carbocycles. The topological polar surface area (TPSA) is 61.3 Å². The van der Waals surface area contributed by atoms with Crippen LogP contribution in [-0.2, 0) is 4.74 Å². The molecule has 0 radical (unpaired) electrons. The van der Waals surface area contributed by atoms with E-state index in [0.717, 1.165) is 0 Å². The van der Waals surface area contributed by atoms with E-state index in [2.05, 4.69) is 11.3 Å². The summed E-state index contributed by atoms with van der Waals surface area (Å²) in [6.07, 6.45) is 4.91. The Morgan fingerprint density at radius 1 is 1.50 bits per heavy atom. The molecule has 0 amide bonds. The summed E-state index contributed by atoms with van der Waals surface area (Å²) in [5.41, 5.74) is 11.1. The second-order valence-electron chi connectivity index (χ2n) is 1.62. The van der Waals surface area contributed by atoms with E-state index in [4.69, 9.17) is 11.5 Å². The molecule has 0 bridgehead atoms. The summed E-state index contributed by atoms with van der Waals surface area (Å²) >= 11 is 0. The highest BCUT2D eigenvalue weighted by Crippen LogP contribution is 1.92. The van der Waals surface area contributed by atoms with Crippen molar-refractivity contribution in [2.45, 2.75) is 0 Å². The molecule has 0 aliphatic rings. The van der Waals surface area contributed by atoms with Gasteiger partial charge < -0.3 is 16.2 Å². The summed E-state index contributed by atoms with van der Waals surface area (Å²) in [6.45, 7) is 3.47. The van der Waals surface area contributed by atoms with Gasteiger partial charge in [0.2, 0.25) is 5.88 Å². The van der Waals surface area contributed by atoms with E-state index in [0.29, 0.717) is 5.70 Å². The number of rotatable bonds is 3. The number of nitrogens with two attached hydrogens (primary N) is 2. The minimum Gasteiger partial charge on any atom is -0.481 e. The largest absolute Gasteiger partial charge is 0.481 e. The highest BCUT2D eigenvalue weighted by molar-refractivity contribution is 5.19. The van der Waals surface area contributed by atoms with Crippen molar-refractivity contribution >= 4 is 0 Å². The first-order valence-electron chi connectivity index (χ1n) is 2.80. The van der Waals surface area contributed by atoms with E-state index in [9.17, 15) is 0 Å². The monoisotopic (exact) mass is 140 g/mol. The highest BCUT2D eigenvalue weighted by atomic mass is 16.5. The zero-order valence-electron chi connectivity index (χ0n) is 6.00. The molecule has 0 aromatic carbocycles. The molecule has 0 aliphatic heterocycles. The summed E-state index contributed by atoms with van der Waals surface area (Å²) in [6, 6.07) is 0. The average Bonchev–Trinajstić information content (AvgIpc) is 1.98. The van der Waals surface area contributed by atoms with Crippen molar-refractivity contribution in [2.75, 3.05) is 7.11 Å². The van der Waals surface area contributed by atoms with Crippen LogP contribution >= 0.6 is 0 Å². The van der Waals surface area contributed by atoms with Gasteiger partial charge in [0.1, 0.15) is 0 Å². The molecular weight excluding hydrogens is 128 g/mol. The van der Waals surface area contributed by atoms with Crippen LogP contribution in [0.1, 0.15) is 0 Å². The van der Waals surface area contributed by atoms with Crippen LogP contribution in [0, 0.1) is 0 Å². The van der Waals surface area contributed by atoms with E-state index >= 15 is 0 Å². The Labute approximate surface area is 60.7 Å². The molecule has 0 spiro atoms. The Bertz CT molecular complexity index is 170. The summed E-state index contributed by atoms with van der Waals surface area (Å²) in [4.78, 5) is 0. The molecule has 3 nitrogen and oxygen atoms in total. The second kappa shape index (κ2) is 4.49. The molecule has 56 valence electrons. The molecule has 0 heterocycles. The van der Waals surface area contributed by atoms with Crippen molar-refractivity contribution in [3.63, 3.8) is 0 Å². The third kappa shape index (κ3) is 2.81. The lowest BCUT2D eigenvalue weighted by molar-refractivity contribution is 0.283. The van der Waals surface area contributed by atoms with Gasteiger partial charge in [0.25, 0.3) is 0 Å². The molecule has 0 rings (SSSR count). The van der Waals surface area contributed by atoms with E-state index in [-0.39, 0.29) is 5.88 Å². The minimum absolute atomic E-state index is 0.220. The zero-order valence-corrected chi connectivity index (χ0v) is 6.00. The zero-order chi connectivity index (χ0) is 7.98. The fourth-order valence-electron chi connectivity index (χ4n) is 0.372. The number of ether oxygens (including phenoxy) is 1. The van der Waals surface area contributed by atoms with Gasteiger partial charge in [-0.05, 0) is 6.08 Å². The number of hydrogen-bond donors (Lipinski definition) is 2. The lowest BCUT2D eigenvalue weighted by atomic mass is 10.4. The van der Waals surface area contributed by atoms with Crippen LogP contribution in [0.5, 0.6) is 0 Å². The highest BCUT2D eigenvalue weighted by Gasteiger charge is 1.90. The fourth-order valence-corrected chi connectivity index (χ4v) is 0.372. The first-order valence-corrected chi connectivity index (χ1v) is 2.80. The van der Waals surface area contributed by atoms with Gasteiger partial charge in [-0.2, -0.15) is 0 Å². The van der Waals surface area contributed by atoms with Crippen molar-refractivity contribution in [3.05, 3.63) is 36.4 Å². The van der Waals surface area contributed by atoms with Crippen LogP contribution in [0.4, 0.5) is 0 Å². The van der Waals surface area contributed by atoms with Crippen LogP contribution in [-0.4, -0.2) is 7.11 Å². The van der Waals surface area contributed by atoms with Crippen molar-refractivity contribution in [2.24, 2.45) is 11.5 Å². The predicted molar refractivity (Wildman–Crippen MR) is 41.7 cm³/mol. The van der Waals surface area contributed by atoms with Gasteiger partial charge in [-0.15, -0.1) is 0 Å². The molecule has 0 aromatic heterocycles. The van der Waals surface area contributed by atoms with E-state index in [1.54, 1.807) is 18.2 Å². The Balaban J connectivity index is 4.17. The van der Waals surface area contributed by atoms with E-state index in [1.165, 1.54) is 7.11 Å². The van der Waals surface area contributed by atoms with Crippen molar-refractivity contribution < 1.29 is 4.74 Å². The molecule has 4 N–H and O–H groups in total. The standard InChI is InChI=1S/C7H12N2O/c1-3-4-5-6(8)7(9)10-2/h3-5H,1,8-9H2,2H3/b5-4-,7-6-. The number of allylic oxidation sites excluding steroid dienone is 3. The van der Waals surface area contributed by atoms with Gasteiger partial charge in [0, 0.05) is 0 Å². The minimum atomic E-state index is 0.220. The second-order valence-corrected chi connectivity index (χ2v) is 1.62. The summed E-state index contributed by atoms with van der Waals surface area (Å²) in [7, 11) is 1.46. The van der Waals surface area contributed by atoms with Gasteiger partial charge in [-0.1, -0.05) is 18.7 Å². The Morgan fingerprint density at radius 3 is 2.50 bits per heavy atom. The average molecular weight is 140 g/mol. The van der Waals surface area contributed by atoms with Crippen LogP contribution < -0.4 is 11.5 Å². The van der Waals surface area contributed by atoms with Crippen LogP contribution in [0.3, 0.4) is 0 Å². The Hall–Kier alpha value is -1.38. The lowest BCUT2D eigenvalue weighted by Crippen LogP contribution is -2.09. The normalized spacial score (nSPS) is 12.9. The Morgan fingerprint density at radius 2 is 2.10 bits per heavy atom. The van der Waals surface area contributed by atoms with Gasteiger partial charge in [0.05, 0.1) is 12.8 Å². The number of hydrogen-bond acceptors (Lipinski definition) is 3. The quantitative estimate of drug-likeness (QED) is 0.442. The first kappa shape index (κ1) is 8.62. The van der Waals surface area contributed by atoms with Gasteiger partial charge in [-0.3, -0.25) is 0 Å². The maximum Gasteiger partial charge on any atom is 0.207 e. The van der Waals surface area contributed by atoms with Crippen LogP contribution in [0.25, 0.3) is 0 Å². The molecule has 0 fully saturated rings. The molecular formula is C7H12N2O. The molecule has 0 aliphatic carbocycles. The van der Waals surface area contributed by atoms with E-state index in [1.807, 2.05) is 0 Å².